The van der Waals surface area contributed by atoms with Crippen LogP contribution in [0.1, 0.15) is 29.3 Å². The number of fused-ring (bicyclic) bond motifs is 1. The molecule has 1 unspecified atom stereocenters. The number of esters is 1. The number of nitrogens with two attached hydrogens (primary N) is 1. The van der Waals surface area contributed by atoms with Crippen molar-refractivity contribution in [3.05, 3.63) is 59.7 Å². The molecule has 0 aliphatic rings. The fourth-order valence-electron chi connectivity index (χ4n) is 2.39. The lowest BCUT2D eigenvalue weighted by Gasteiger charge is -2.13. The van der Waals surface area contributed by atoms with Crippen LogP contribution in [0.15, 0.2) is 48.5 Å². The van der Waals surface area contributed by atoms with Crippen molar-refractivity contribution in [2.75, 3.05) is 5.73 Å². The molecule has 0 saturated carbocycles. The molecule has 0 aliphatic heterocycles. The average Bonchev–Trinajstić information content (AvgIpc) is 2.93. The Kier molecular flexibility index (Phi) is 4.57. The topological polar surface area (TPSA) is 65.2 Å². The predicted octanol–water partition coefficient (Wildman–Crippen LogP) is 4.06. The SMILES string of the molecule is CC(CCc1ccccc1)OC(=O)c1ccc2nc(N)sc2c1. The Labute approximate surface area is 138 Å². The lowest BCUT2D eigenvalue weighted by atomic mass is 10.1. The molecule has 2 N–H and O–H groups in total. The zero-order chi connectivity index (χ0) is 16.2. The van der Waals surface area contributed by atoms with Gasteiger partial charge in [0.2, 0.25) is 0 Å². The first kappa shape index (κ1) is 15.5. The van der Waals surface area contributed by atoms with Gasteiger partial charge in [0.05, 0.1) is 21.9 Å². The molecule has 3 rings (SSSR count). The summed E-state index contributed by atoms with van der Waals surface area (Å²) in [5.41, 5.74) is 8.27. The van der Waals surface area contributed by atoms with Crippen molar-refractivity contribution in [1.29, 1.82) is 0 Å². The molecule has 1 aromatic heterocycles. The Balaban J connectivity index is 1.60. The second kappa shape index (κ2) is 6.79. The minimum absolute atomic E-state index is 0.134. The highest BCUT2D eigenvalue weighted by atomic mass is 32.1. The van der Waals surface area contributed by atoms with Crippen molar-refractivity contribution in [3.63, 3.8) is 0 Å². The number of carbonyl (C=O) groups excluding carboxylic acids is 1. The van der Waals surface area contributed by atoms with E-state index < -0.39 is 0 Å². The zero-order valence-corrected chi connectivity index (χ0v) is 13.7. The molecular weight excluding hydrogens is 308 g/mol. The Morgan fingerprint density at radius 2 is 2.04 bits per heavy atom. The quantitative estimate of drug-likeness (QED) is 0.718. The fraction of sp³-hybridized carbons (Fsp3) is 0.222. The molecule has 0 amide bonds. The van der Waals surface area contributed by atoms with E-state index in [9.17, 15) is 4.79 Å². The molecule has 23 heavy (non-hydrogen) atoms. The van der Waals surface area contributed by atoms with Crippen molar-refractivity contribution in [3.8, 4) is 0 Å². The normalized spacial score (nSPS) is 12.2. The summed E-state index contributed by atoms with van der Waals surface area (Å²) in [4.78, 5) is 16.4. The summed E-state index contributed by atoms with van der Waals surface area (Å²) in [6.45, 7) is 1.92. The first-order valence-electron chi connectivity index (χ1n) is 7.53. The second-order valence-electron chi connectivity index (χ2n) is 5.47. The number of aromatic nitrogens is 1. The summed E-state index contributed by atoms with van der Waals surface area (Å²) in [6, 6.07) is 15.5. The van der Waals surface area contributed by atoms with Crippen LogP contribution in [-0.2, 0) is 11.2 Å². The van der Waals surface area contributed by atoms with Crippen molar-refractivity contribution < 1.29 is 9.53 Å². The van der Waals surface area contributed by atoms with Gasteiger partial charge in [0.15, 0.2) is 5.13 Å². The van der Waals surface area contributed by atoms with Gasteiger partial charge in [-0.3, -0.25) is 0 Å². The van der Waals surface area contributed by atoms with Crippen molar-refractivity contribution in [2.24, 2.45) is 0 Å². The number of ether oxygens (including phenoxy) is 1. The molecule has 5 heteroatoms. The molecule has 0 saturated heterocycles. The maximum atomic E-state index is 12.2. The standard InChI is InChI=1S/C18H18N2O2S/c1-12(7-8-13-5-3-2-4-6-13)22-17(21)14-9-10-15-16(11-14)23-18(19)20-15/h2-6,9-12H,7-8H2,1H3,(H2,19,20). The first-order chi connectivity index (χ1) is 11.1. The highest BCUT2D eigenvalue weighted by Crippen LogP contribution is 2.25. The molecule has 2 aromatic carbocycles. The number of nitrogens with zero attached hydrogens (tertiary/aromatic N) is 1. The lowest BCUT2D eigenvalue weighted by molar-refractivity contribution is 0.0325. The van der Waals surface area contributed by atoms with E-state index in [0.29, 0.717) is 10.7 Å². The highest BCUT2D eigenvalue weighted by molar-refractivity contribution is 7.22. The number of rotatable bonds is 5. The number of benzene rings is 2. The maximum absolute atomic E-state index is 12.2. The molecular formula is C18H18N2O2S. The summed E-state index contributed by atoms with van der Waals surface area (Å²) in [5, 5.41) is 0.502. The number of thiazole rings is 1. The number of hydrogen-bond donors (Lipinski definition) is 1. The third-order valence-corrected chi connectivity index (χ3v) is 4.48. The molecule has 4 nitrogen and oxygen atoms in total. The zero-order valence-electron chi connectivity index (χ0n) is 12.9. The van der Waals surface area contributed by atoms with Gasteiger partial charge in [0.25, 0.3) is 0 Å². The number of carbonyl (C=O) groups is 1. The van der Waals surface area contributed by atoms with Crippen LogP contribution in [0.25, 0.3) is 10.2 Å². The number of anilines is 1. The van der Waals surface area contributed by atoms with Crippen LogP contribution in [0, 0.1) is 0 Å². The molecule has 0 spiro atoms. The van der Waals surface area contributed by atoms with Crippen molar-refractivity contribution in [2.45, 2.75) is 25.9 Å². The minimum atomic E-state index is -0.306. The predicted molar refractivity (Wildman–Crippen MR) is 93.7 cm³/mol. The summed E-state index contributed by atoms with van der Waals surface area (Å²) in [5.74, 6) is -0.306. The van der Waals surface area contributed by atoms with E-state index in [1.54, 1.807) is 18.2 Å². The van der Waals surface area contributed by atoms with Crippen LogP contribution in [0.5, 0.6) is 0 Å². The van der Waals surface area contributed by atoms with E-state index in [2.05, 4.69) is 17.1 Å². The molecule has 1 heterocycles. The van der Waals surface area contributed by atoms with Gasteiger partial charge >= 0.3 is 5.97 Å². The van der Waals surface area contributed by atoms with Gasteiger partial charge in [-0.25, -0.2) is 9.78 Å². The number of aryl methyl sites for hydroxylation is 1. The smallest absolute Gasteiger partial charge is 0.338 e. The molecule has 1 atom stereocenters. The Hall–Kier alpha value is -2.40. The van der Waals surface area contributed by atoms with E-state index in [-0.39, 0.29) is 12.1 Å². The summed E-state index contributed by atoms with van der Waals surface area (Å²) in [6.07, 6.45) is 1.55. The molecule has 118 valence electrons. The Morgan fingerprint density at radius 3 is 2.83 bits per heavy atom. The van der Waals surface area contributed by atoms with Crippen molar-refractivity contribution in [1.82, 2.24) is 4.98 Å². The minimum Gasteiger partial charge on any atom is -0.459 e. The van der Waals surface area contributed by atoms with E-state index in [4.69, 9.17) is 10.5 Å². The van der Waals surface area contributed by atoms with E-state index in [0.717, 1.165) is 23.1 Å². The lowest BCUT2D eigenvalue weighted by Crippen LogP contribution is -2.15. The van der Waals surface area contributed by atoms with Crippen LogP contribution in [0.4, 0.5) is 5.13 Å². The second-order valence-corrected chi connectivity index (χ2v) is 6.54. The Bertz CT molecular complexity index is 814. The van der Waals surface area contributed by atoms with Gasteiger partial charge in [-0.1, -0.05) is 41.7 Å². The Morgan fingerprint density at radius 1 is 1.26 bits per heavy atom. The van der Waals surface area contributed by atoms with Crippen LogP contribution in [-0.4, -0.2) is 17.1 Å². The summed E-state index contributed by atoms with van der Waals surface area (Å²) >= 11 is 1.37. The largest absolute Gasteiger partial charge is 0.459 e. The van der Waals surface area contributed by atoms with Gasteiger partial charge in [-0.2, -0.15) is 0 Å². The molecule has 0 bridgehead atoms. The third-order valence-electron chi connectivity index (χ3n) is 3.63. The van der Waals surface area contributed by atoms with Gasteiger partial charge in [-0.05, 0) is 43.5 Å². The van der Waals surface area contributed by atoms with Crippen molar-refractivity contribution >= 4 is 32.7 Å². The fourth-order valence-corrected chi connectivity index (χ4v) is 3.17. The van der Waals surface area contributed by atoms with E-state index in [1.165, 1.54) is 16.9 Å². The van der Waals surface area contributed by atoms with Gasteiger partial charge in [0.1, 0.15) is 0 Å². The number of nitrogen functional groups attached to an aromatic ring is 1. The van der Waals surface area contributed by atoms with Gasteiger partial charge in [0, 0.05) is 0 Å². The van der Waals surface area contributed by atoms with Crippen LogP contribution >= 0.6 is 11.3 Å². The number of hydrogen-bond acceptors (Lipinski definition) is 5. The van der Waals surface area contributed by atoms with Crippen LogP contribution < -0.4 is 5.73 Å². The molecule has 0 radical (unpaired) electrons. The van der Waals surface area contributed by atoms with E-state index >= 15 is 0 Å². The third kappa shape index (κ3) is 3.87. The highest BCUT2D eigenvalue weighted by Gasteiger charge is 2.13. The summed E-state index contributed by atoms with van der Waals surface area (Å²) in [7, 11) is 0. The van der Waals surface area contributed by atoms with Crippen LogP contribution in [0.3, 0.4) is 0 Å². The monoisotopic (exact) mass is 326 g/mol. The summed E-state index contributed by atoms with van der Waals surface area (Å²) < 4.78 is 6.43. The first-order valence-corrected chi connectivity index (χ1v) is 8.34. The van der Waals surface area contributed by atoms with Gasteiger partial charge < -0.3 is 10.5 Å². The average molecular weight is 326 g/mol. The molecule has 3 aromatic rings. The molecule has 0 fully saturated rings. The molecule has 0 aliphatic carbocycles. The van der Waals surface area contributed by atoms with Gasteiger partial charge in [-0.15, -0.1) is 0 Å². The van der Waals surface area contributed by atoms with Crippen LogP contribution in [0.2, 0.25) is 0 Å². The maximum Gasteiger partial charge on any atom is 0.338 e. The van der Waals surface area contributed by atoms with E-state index in [1.807, 2.05) is 25.1 Å².